The lowest BCUT2D eigenvalue weighted by atomic mass is 9.78. The molecule has 3 aliphatic rings. The van der Waals surface area contributed by atoms with Crippen LogP contribution in [0.4, 0.5) is 0 Å². The molecule has 0 unspecified atom stereocenters. The Balaban J connectivity index is 2.03. The van der Waals surface area contributed by atoms with Gasteiger partial charge in [0.1, 0.15) is 5.72 Å². The van der Waals surface area contributed by atoms with Crippen molar-refractivity contribution in [2.75, 3.05) is 6.61 Å². The van der Waals surface area contributed by atoms with E-state index in [1.54, 1.807) is 0 Å². The lowest BCUT2D eigenvalue weighted by Crippen LogP contribution is -2.47. The second-order valence-corrected chi connectivity index (χ2v) is 6.71. The highest BCUT2D eigenvalue weighted by Crippen LogP contribution is 2.60. The van der Waals surface area contributed by atoms with Crippen LogP contribution in [0.15, 0.2) is 0 Å². The standard InChI is InChI=1S/C14H23NO2/c1-9(2)10-8-17-14(4)11-6-5-7-13(11,3)12(16)15(10)14/h9-11H,5-8H2,1-4H3/t10-,11+,13-,14-/m1/s1. The summed E-state index contributed by atoms with van der Waals surface area (Å²) < 4.78 is 6.09. The van der Waals surface area contributed by atoms with Crippen LogP contribution in [-0.4, -0.2) is 29.2 Å². The van der Waals surface area contributed by atoms with Crippen LogP contribution in [0.5, 0.6) is 0 Å². The van der Waals surface area contributed by atoms with E-state index in [-0.39, 0.29) is 17.2 Å². The molecule has 2 saturated heterocycles. The van der Waals surface area contributed by atoms with Crippen molar-refractivity contribution in [1.82, 2.24) is 4.90 Å². The molecule has 0 spiro atoms. The summed E-state index contributed by atoms with van der Waals surface area (Å²) in [6.45, 7) is 9.37. The normalized spacial score (nSPS) is 49.0. The number of carbonyl (C=O) groups excluding carboxylic acids is 1. The van der Waals surface area contributed by atoms with Gasteiger partial charge >= 0.3 is 0 Å². The van der Waals surface area contributed by atoms with Gasteiger partial charge in [-0.05, 0) is 25.7 Å². The van der Waals surface area contributed by atoms with Crippen molar-refractivity contribution in [2.45, 2.75) is 58.7 Å². The fourth-order valence-electron chi connectivity index (χ4n) is 4.40. The number of amides is 1. The van der Waals surface area contributed by atoms with Gasteiger partial charge in [0.25, 0.3) is 0 Å². The molecule has 3 heteroatoms. The molecule has 0 aromatic rings. The Morgan fingerprint density at radius 2 is 2.12 bits per heavy atom. The molecule has 2 heterocycles. The maximum Gasteiger partial charge on any atom is 0.231 e. The van der Waals surface area contributed by atoms with Gasteiger partial charge in [-0.25, -0.2) is 0 Å². The van der Waals surface area contributed by atoms with E-state index in [1.165, 1.54) is 6.42 Å². The summed E-state index contributed by atoms with van der Waals surface area (Å²) in [4.78, 5) is 14.8. The number of rotatable bonds is 1. The molecule has 3 nitrogen and oxygen atoms in total. The van der Waals surface area contributed by atoms with Crippen LogP contribution in [0.1, 0.15) is 47.0 Å². The van der Waals surface area contributed by atoms with Crippen LogP contribution in [0.3, 0.4) is 0 Å². The first-order valence-corrected chi connectivity index (χ1v) is 6.89. The maximum atomic E-state index is 12.8. The minimum atomic E-state index is -0.322. The zero-order valence-electron chi connectivity index (χ0n) is 11.3. The molecule has 17 heavy (non-hydrogen) atoms. The van der Waals surface area contributed by atoms with Crippen molar-refractivity contribution >= 4 is 5.91 Å². The van der Waals surface area contributed by atoms with E-state index in [2.05, 4.69) is 32.6 Å². The second kappa shape index (κ2) is 3.25. The maximum absolute atomic E-state index is 12.8. The number of fused-ring (bicyclic) bond motifs is 3. The first-order valence-electron chi connectivity index (χ1n) is 6.89. The minimum absolute atomic E-state index is 0.150. The van der Waals surface area contributed by atoms with E-state index in [0.717, 1.165) is 12.8 Å². The van der Waals surface area contributed by atoms with E-state index in [4.69, 9.17) is 4.74 Å². The van der Waals surface area contributed by atoms with Gasteiger partial charge in [-0.1, -0.05) is 27.2 Å². The second-order valence-electron chi connectivity index (χ2n) is 6.71. The summed E-state index contributed by atoms with van der Waals surface area (Å²) in [5.74, 6) is 1.22. The highest BCUT2D eigenvalue weighted by Gasteiger charge is 2.68. The molecule has 1 saturated carbocycles. The van der Waals surface area contributed by atoms with Gasteiger partial charge in [-0.2, -0.15) is 0 Å². The molecule has 0 aromatic carbocycles. The molecule has 0 aromatic heterocycles. The highest BCUT2D eigenvalue weighted by molar-refractivity contribution is 5.87. The van der Waals surface area contributed by atoms with Gasteiger partial charge < -0.3 is 9.64 Å². The zero-order valence-corrected chi connectivity index (χ0v) is 11.3. The predicted molar refractivity (Wildman–Crippen MR) is 65.3 cm³/mol. The monoisotopic (exact) mass is 237 g/mol. The van der Waals surface area contributed by atoms with E-state index < -0.39 is 0 Å². The van der Waals surface area contributed by atoms with Crippen molar-refractivity contribution in [2.24, 2.45) is 17.3 Å². The van der Waals surface area contributed by atoms with Crippen LogP contribution >= 0.6 is 0 Å². The van der Waals surface area contributed by atoms with Crippen molar-refractivity contribution in [1.29, 1.82) is 0 Å². The van der Waals surface area contributed by atoms with E-state index >= 15 is 0 Å². The smallest absolute Gasteiger partial charge is 0.231 e. The summed E-state index contributed by atoms with van der Waals surface area (Å²) in [6, 6.07) is 0.273. The molecular formula is C14H23NO2. The Bertz CT molecular complexity index is 367. The van der Waals surface area contributed by atoms with E-state index in [9.17, 15) is 4.79 Å². The molecular weight excluding hydrogens is 214 g/mol. The van der Waals surface area contributed by atoms with Crippen molar-refractivity contribution < 1.29 is 9.53 Å². The highest BCUT2D eigenvalue weighted by atomic mass is 16.5. The number of carbonyl (C=O) groups is 1. The molecule has 0 N–H and O–H groups in total. The van der Waals surface area contributed by atoms with Crippen LogP contribution in [0.2, 0.25) is 0 Å². The molecule has 3 rings (SSSR count). The summed E-state index contributed by atoms with van der Waals surface area (Å²) in [6.07, 6.45) is 3.35. The summed E-state index contributed by atoms with van der Waals surface area (Å²) in [7, 11) is 0. The van der Waals surface area contributed by atoms with Crippen molar-refractivity contribution in [3.63, 3.8) is 0 Å². The number of hydrogen-bond donors (Lipinski definition) is 0. The van der Waals surface area contributed by atoms with Gasteiger partial charge in [-0.3, -0.25) is 4.79 Å². The third-order valence-corrected chi connectivity index (χ3v) is 5.44. The predicted octanol–water partition coefficient (Wildman–Crippen LogP) is 2.41. The Hall–Kier alpha value is -0.570. The molecule has 0 bridgehead atoms. The van der Waals surface area contributed by atoms with Gasteiger partial charge in [-0.15, -0.1) is 0 Å². The van der Waals surface area contributed by atoms with Gasteiger partial charge in [0.05, 0.1) is 18.1 Å². The lowest BCUT2D eigenvalue weighted by Gasteiger charge is -2.34. The van der Waals surface area contributed by atoms with Gasteiger partial charge in [0, 0.05) is 5.92 Å². The Morgan fingerprint density at radius 1 is 1.41 bits per heavy atom. The largest absolute Gasteiger partial charge is 0.353 e. The first kappa shape index (κ1) is 11.5. The Kier molecular flexibility index (Phi) is 2.20. The quantitative estimate of drug-likeness (QED) is 0.701. The topological polar surface area (TPSA) is 29.5 Å². The fraction of sp³-hybridized carbons (Fsp3) is 0.929. The Morgan fingerprint density at radius 3 is 2.76 bits per heavy atom. The summed E-state index contributed by atoms with van der Waals surface area (Å²) in [5, 5.41) is 0. The third-order valence-electron chi connectivity index (χ3n) is 5.44. The van der Waals surface area contributed by atoms with Gasteiger partial charge in [0.15, 0.2) is 0 Å². The average Bonchev–Trinajstić information content (AvgIpc) is 2.83. The SMILES string of the molecule is CC(C)[C@H]1CO[C@]2(C)[C@H]3CCC[C@@]3(C)C(=O)N12. The van der Waals surface area contributed by atoms with E-state index in [1.807, 2.05) is 0 Å². The summed E-state index contributed by atoms with van der Waals surface area (Å²) in [5.41, 5.74) is -0.473. The molecule has 4 atom stereocenters. The Labute approximate surface area is 104 Å². The summed E-state index contributed by atoms with van der Waals surface area (Å²) >= 11 is 0. The van der Waals surface area contributed by atoms with Crippen molar-refractivity contribution in [3.05, 3.63) is 0 Å². The molecule has 96 valence electrons. The zero-order chi connectivity index (χ0) is 12.4. The lowest BCUT2D eigenvalue weighted by molar-refractivity contribution is -0.142. The van der Waals surface area contributed by atoms with Crippen LogP contribution in [-0.2, 0) is 9.53 Å². The number of ether oxygens (including phenoxy) is 1. The molecule has 1 amide bonds. The van der Waals surface area contributed by atoms with Crippen LogP contribution in [0.25, 0.3) is 0 Å². The molecule has 1 aliphatic carbocycles. The molecule has 2 aliphatic heterocycles. The molecule has 0 radical (unpaired) electrons. The first-order chi connectivity index (χ1) is 7.91. The number of hydrogen-bond acceptors (Lipinski definition) is 2. The number of nitrogens with zero attached hydrogens (tertiary/aromatic N) is 1. The van der Waals surface area contributed by atoms with Crippen LogP contribution in [0, 0.1) is 17.3 Å². The average molecular weight is 237 g/mol. The van der Waals surface area contributed by atoms with E-state index in [0.29, 0.717) is 24.3 Å². The van der Waals surface area contributed by atoms with Crippen LogP contribution < -0.4 is 0 Å². The molecule has 3 fully saturated rings. The minimum Gasteiger partial charge on any atom is -0.353 e. The van der Waals surface area contributed by atoms with Gasteiger partial charge in [0.2, 0.25) is 5.91 Å². The fourth-order valence-corrected chi connectivity index (χ4v) is 4.40. The van der Waals surface area contributed by atoms with Crippen molar-refractivity contribution in [3.8, 4) is 0 Å². The third kappa shape index (κ3) is 1.19.